The number of alkyl halides is 5. The Labute approximate surface area is 147 Å². The minimum absolute atomic E-state index is 0.0969. The highest BCUT2D eigenvalue weighted by Gasteiger charge is 2.61. The molecule has 0 fully saturated rings. The van der Waals surface area contributed by atoms with Gasteiger partial charge in [0.15, 0.2) is 5.01 Å². The van der Waals surface area contributed by atoms with Crippen molar-refractivity contribution in [3.05, 3.63) is 34.3 Å². The maximum atomic E-state index is 13.2. The van der Waals surface area contributed by atoms with Crippen LogP contribution in [0.3, 0.4) is 0 Å². The van der Waals surface area contributed by atoms with E-state index < -0.39 is 34.1 Å². The summed E-state index contributed by atoms with van der Waals surface area (Å²) in [4.78, 5) is 23.3. The summed E-state index contributed by atoms with van der Waals surface area (Å²) in [6, 6.07) is 4.21. The van der Waals surface area contributed by atoms with Crippen molar-refractivity contribution in [1.82, 2.24) is 10.2 Å². The molecule has 1 aromatic heterocycles. The first-order chi connectivity index (χ1) is 11.9. The van der Waals surface area contributed by atoms with Gasteiger partial charge in [0.1, 0.15) is 5.75 Å². The van der Waals surface area contributed by atoms with Gasteiger partial charge in [-0.05, 0) is 24.6 Å². The number of hydrogen-bond acceptors (Lipinski definition) is 6. The molecule has 0 bridgehead atoms. The number of halogens is 5. The highest BCUT2D eigenvalue weighted by Crippen LogP contribution is 2.45. The van der Waals surface area contributed by atoms with Crippen molar-refractivity contribution in [1.29, 1.82) is 0 Å². The Morgan fingerprint density at radius 2 is 1.81 bits per heavy atom. The van der Waals surface area contributed by atoms with Crippen LogP contribution in [0.2, 0.25) is 0 Å². The molecule has 0 aliphatic heterocycles. The number of aryl methyl sites for hydroxylation is 1. The third-order valence-electron chi connectivity index (χ3n) is 2.91. The molecule has 0 aliphatic carbocycles. The molecule has 0 spiro atoms. The molecule has 1 aromatic carbocycles. The highest BCUT2D eigenvalue weighted by atomic mass is 32.1. The van der Waals surface area contributed by atoms with Gasteiger partial charge >= 0.3 is 18.1 Å². The van der Waals surface area contributed by atoms with Crippen LogP contribution in [-0.2, 0) is 10.7 Å². The van der Waals surface area contributed by atoms with Gasteiger partial charge in [-0.25, -0.2) is 0 Å². The molecule has 0 aliphatic rings. The van der Waals surface area contributed by atoms with Crippen LogP contribution in [-0.4, -0.2) is 28.3 Å². The molecule has 0 saturated carbocycles. The number of benzene rings is 1. The lowest BCUT2D eigenvalue weighted by molar-refractivity contribution is -0.289. The SMILES string of the molecule is CC(=O)Oc1cc(C)ccc1C(=O)Nc1nnc(C(F)(F)C(F)(F)F)s1. The Morgan fingerprint density at radius 3 is 2.38 bits per heavy atom. The molecule has 1 N–H and O–H groups in total. The van der Waals surface area contributed by atoms with E-state index in [2.05, 4.69) is 10.2 Å². The largest absolute Gasteiger partial charge is 0.460 e. The van der Waals surface area contributed by atoms with Gasteiger partial charge < -0.3 is 4.74 Å². The molecule has 0 atom stereocenters. The van der Waals surface area contributed by atoms with Crippen LogP contribution in [0, 0.1) is 6.92 Å². The Kier molecular flexibility index (Phi) is 5.26. The van der Waals surface area contributed by atoms with Crippen molar-refractivity contribution in [3.63, 3.8) is 0 Å². The molecule has 1 amide bonds. The minimum Gasteiger partial charge on any atom is -0.426 e. The zero-order valence-corrected chi connectivity index (χ0v) is 14.0. The van der Waals surface area contributed by atoms with E-state index in [9.17, 15) is 31.5 Å². The number of nitrogens with zero attached hydrogens (tertiary/aromatic N) is 2. The quantitative estimate of drug-likeness (QED) is 0.485. The number of amides is 1. The van der Waals surface area contributed by atoms with Crippen LogP contribution in [0.4, 0.5) is 27.1 Å². The van der Waals surface area contributed by atoms with E-state index in [0.717, 1.165) is 6.92 Å². The van der Waals surface area contributed by atoms with Crippen molar-refractivity contribution < 1.29 is 36.3 Å². The lowest BCUT2D eigenvalue weighted by Crippen LogP contribution is -2.33. The second kappa shape index (κ2) is 6.94. The Balaban J connectivity index is 2.26. The molecule has 2 rings (SSSR count). The summed E-state index contributed by atoms with van der Waals surface area (Å²) in [6.45, 7) is 2.78. The third-order valence-corrected chi connectivity index (χ3v) is 3.81. The van der Waals surface area contributed by atoms with Gasteiger partial charge in [-0.1, -0.05) is 17.4 Å². The van der Waals surface area contributed by atoms with Crippen molar-refractivity contribution in [2.45, 2.75) is 25.9 Å². The average Bonchev–Trinajstić information content (AvgIpc) is 2.94. The maximum Gasteiger partial charge on any atom is 0.460 e. The summed E-state index contributed by atoms with van der Waals surface area (Å²) in [7, 11) is 0. The first-order valence-corrected chi connectivity index (χ1v) is 7.62. The second-order valence-corrected chi connectivity index (χ2v) is 6.01. The van der Waals surface area contributed by atoms with Crippen molar-refractivity contribution in [3.8, 4) is 5.75 Å². The first-order valence-electron chi connectivity index (χ1n) is 6.80. The summed E-state index contributed by atoms with van der Waals surface area (Å²) in [5.74, 6) is -6.91. The van der Waals surface area contributed by atoms with Crippen LogP contribution in [0.15, 0.2) is 18.2 Å². The Morgan fingerprint density at radius 1 is 1.15 bits per heavy atom. The van der Waals surface area contributed by atoms with Crippen LogP contribution in [0.1, 0.15) is 27.9 Å². The molecular weight excluding hydrogens is 385 g/mol. The first kappa shape index (κ1) is 19.7. The van der Waals surface area contributed by atoms with Crippen LogP contribution >= 0.6 is 11.3 Å². The highest BCUT2D eigenvalue weighted by molar-refractivity contribution is 7.15. The van der Waals surface area contributed by atoms with Gasteiger partial charge in [0.2, 0.25) is 5.13 Å². The molecule has 12 heteroatoms. The molecule has 140 valence electrons. The number of ether oxygens (including phenoxy) is 1. The monoisotopic (exact) mass is 395 g/mol. The molecular formula is C14H10F5N3O3S. The van der Waals surface area contributed by atoms with Crippen LogP contribution in [0.5, 0.6) is 5.75 Å². The lowest BCUT2D eigenvalue weighted by atomic mass is 10.1. The second-order valence-electron chi connectivity index (χ2n) is 5.03. The Bertz CT molecular complexity index is 851. The van der Waals surface area contributed by atoms with E-state index in [0.29, 0.717) is 5.56 Å². The van der Waals surface area contributed by atoms with Crippen molar-refractivity contribution >= 4 is 28.3 Å². The van der Waals surface area contributed by atoms with E-state index in [1.807, 2.05) is 5.32 Å². The van der Waals surface area contributed by atoms with Gasteiger partial charge in [0.05, 0.1) is 5.56 Å². The fraction of sp³-hybridized carbons (Fsp3) is 0.286. The van der Waals surface area contributed by atoms with Crippen molar-refractivity contribution in [2.75, 3.05) is 5.32 Å². The molecule has 0 radical (unpaired) electrons. The number of carbonyl (C=O) groups is 2. The van der Waals surface area contributed by atoms with E-state index in [1.54, 1.807) is 6.92 Å². The summed E-state index contributed by atoms with van der Waals surface area (Å²) < 4.78 is 68.3. The van der Waals surface area contributed by atoms with E-state index in [1.165, 1.54) is 18.2 Å². The fourth-order valence-corrected chi connectivity index (χ4v) is 2.48. The summed E-state index contributed by atoms with van der Waals surface area (Å²) >= 11 is -0.119. The van der Waals surface area contributed by atoms with Crippen molar-refractivity contribution in [2.24, 2.45) is 0 Å². The van der Waals surface area contributed by atoms with Crippen LogP contribution in [0.25, 0.3) is 0 Å². The summed E-state index contributed by atoms with van der Waals surface area (Å²) in [6.07, 6.45) is -5.84. The molecule has 0 unspecified atom stereocenters. The standard InChI is InChI=1S/C14H10F5N3O3S/c1-6-3-4-8(9(5-6)25-7(2)23)10(24)20-12-22-21-11(26-12)13(15,16)14(17,18)19/h3-5H,1-2H3,(H,20,22,24). The van der Waals surface area contributed by atoms with Gasteiger partial charge in [-0.15, -0.1) is 10.2 Å². The number of aromatic nitrogens is 2. The minimum atomic E-state index is -5.84. The van der Waals surface area contributed by atoms with E-state index in [4.69, 9.17) is 4.74 Å². The zero-order valence-electron chi connectivity index (χ0n) is 13.1. The van der Waals surface area contributed by atoms with Gasteiger partial charge in [-0.3, -0.25) is 14.9 Å². The van der Waals surface area contributed by atoms with Gasteiger partial charge in [0.25, 0.3) is 5.91 Å². The normalized spacial score (nSPS) is 12.0. The average molecular weight is 395 g/mol. The maximum absolute atomic E-state index is 13.2. The molecule has 26 heavy (non-hydrogen) atoms. The van der Waals surface area contributed by atoms with Crippen LogP contribution < -0.4 is 10.1 Å². The lowest BCUT2D eigenvalue weighted by Gasteiger charge is -2.15. The summed E-state index contributed by atoms with van der Waals surface area (Å²) in [5, 5.41) is 5.78. The number of anilines is 1. The number of esters is 1. The zero-order chi connectivity index (χ0) is 19.7. The fourth-order valence-electron chi connectivity index (χ4n) is 1.74. The van der Waals surface area contributed by atoms with Gasteiger partial charge in [-0.2, -0.15) is 22.0 Å². The molecule has 2 aromatic rings. The van der Waals surface area contributed by atoms with E-state index >= 15 is 0 Å². The summed E-state index contributed by atoms with van der Waals surface area (Å²) in [5.41, 5.74) is 0.533. The van der Waals surface area contributed by atoms with Gasteiger partial charge in [0, 0.05) is 6.92 Å². The van der Waals surface area contributed by atoms with E-state index in [-0.39, 0.29) is 22.6 Å². The predicted molar refractivity (Wildman–Crippen MR) is 80.3 cm³/mol. The predicted octanol–water partition coefficient (Wildman–Crippen LogP) is 3.68. The number of rotatable bonds is 4. The molecule has 6 nitrogen and oxygen atoms in total. The number of carbonyl (C=O) groups excluding carboxylic acids is 2. The number of nitrogens with one attached hydrogen (secondary N) is 1. The topological polar surface area (TPSA) is 81.2 Å². The number of hydrogen-bond donors (Lipinski definition) is 1. The third kappa shape index (κ3) is 4.12. The molecule has 1 heterocycles. The molecule has 0 saturated heterocycles. The Hall–Kier alpha value is -2.63. The smallest absolute Gasteiger partial charge is 0.426 e.